The van der Waals surface area contributed by atoms with Crippen LogP contribution in [0.25, 0.3) is 0 Å². The molecule has 2 aromatic rings. The average molecular weight is 311 g/mol. The van der Waals surface area contributed by atoms with Crippen LogP contribution >= 0.6 is 0 Å². The van der Waals surface area contributed by atoms with Crippen molar-refractivity contribution in [1.82, 2.24) is 10.3 Å². The number of rotatable bonds is 4. The maximum Gasteiger partial charge on any atom is 0.251 e. The van der Waals surface area contributed by atoms with E-state index in [-0.39, 0.29) is 23.8 Å². The number of aromatic nitrogens is 1. The molecule has 5 nitrogen and oxygen atoms in total. The van der Waals surface area contributed by atoms with Crippen molar-refractivity contribution >= 4 is 11.7 Å². The molecule has 1 aliphatic rings. The number of aromatic amines is 1. The maximum absolute atomic E-state index is 12.3. The topological polar surface area (TPSA) is 88.0 Å². The number of ketones is 1. The summed E-state index contributed by atoms with van der Waals surface area (Å²) in [5.41, 5.74) is 7.64. The predicted molar refractivity (Wildman–Crippen MR) is 88.4 cm³/mol. The molecule has 0 saturated heterocycles. The first kappa shape index (κ1) is 15.5. The summed E-state index contributed by atoms with van der Waals surface area (Å²) >= 11 is 0. The molecule has 0 aliphatic heterocycles. The van der Waals surface area contributed by atoms with Crippen LogP contribution in [0.5, 0.6) is 0 Å². The first-order chi connectivity index (χ1) is 11.1. The molecular formula is C18H21N3O2. The fourth-order valence-electron chi connectivity index (χ4n) is 2.94. The van der Waals surface area contributed by atoms with Crippen LogP contribution in [0.1, 0.15) is 52.0 Å². The van der Waals surface area contributed by atoms with Gasteiger partial charge in [0.25, 0.3) is 5.91 Å². The van der Waals surface area contributed by atoms with Crippen LogP contribution in [0.2, 0.25) is 0 Å². The van der Waals surface area contributed by atoms with E-state index >= 15 is 0 Å². The lowest BCUT2D eigenvalue weighted by molar-refractivity contribution is 0.0924. The van der Waals surface area contributed by atoms with Crippen molar-refractivity contribution in [2.24, 2.45) is 5.73 Å². The quantitative estimate of drug-likeness (QED) is 0.757. The zero-order valence-electron chi connectivity index (χ0n) is 12.9. The number of hydrogen-bond donors (Lipinski definition) is 3. The molecular weight excluding hydrogens is 290 g/mol. The normalized spacial score (nSPS) is 20.9. The van der Waals surface area contributed by atoms with E-state index in [0.29, 0.717) is 16.7 Å². The van der Waals surface area contributed by atoms with E-state index in [1.807, 2.05) is 0 Å². The monoisotopic (exact) mass is 311 g/mol. The van der Waals surface area contributed by atoms with Crippen molar-refractivity contribution in [1.29, 1.82) is 0 Å². The first-order valence-corrected chi connectivity index (χ1v) is 7.97. The lowest BCUT2D eigenvalue weighted by atomic mass is 9.91. The number of H-pyrrole nitrogens is 1. The summed E-state index contributed by atoms with van der Waals surface area (Å²) in [6.45, 7) is 0. The minimum atomic E-state index is -0.0916. The Morgan fingerprint density at radius 2 is 1.61 bits per heavy atom. The summed E-state index contributed by atoms with van der Waals surface area (Å²) in [4.78, 5) is 27.3. The molecule has 1 aliphatic carbocycles. The number of hydrogen-bond acceptors (Lipinski definition) is 3. The Hall–Kier alpha value is -2.40. The molecule has 0 radical (unpaired) electrons. The van der Waals surface area contributed by atoms with Gasteiger partial charge in [-0.25, -0.2) is 0 Å². The van der Waals surface area contributed by atoms with Gasteiger partial charge >= 0.3 is 0 Å². The van der Waals surface area contributed by atoms with Gasteiger partial charge in [0.15, 0.2) is 5.78 Å². The lowest BCUT2D eigenvalue weighted by Crippen LogP contribution is -2.40. The van der Waals surface area contributed by atoms with Crippen molar-refractivity contribution in [2.75, 3.05) is 0 Å². The summed E-state index contributed by atoms with van der Waals surface area (Å²) in [5.74, 6) is -0.148. The summed E-state index contributed by atoms with van der Waals surface area (Å²) in [7, 11) is 0. The van der Waals surface area contributed by atoms with Gasteiger partial charge in [-0.1, -0.05) is 12.1 Å². The Morgan fingerprint density at radius 1 is 0.957 bits per heavy atom. The SMILES string of the molecule is NC1CCC(NC(=O)c2ccc(C(=O)c3cc[nH]c3)cc2)CC1. The third-order valence-electron chi connectivity index (χ3n) is 4.38. The maximum atomic E-state index is 12.3. The highest BCUT2D eigenvalue weighted by atomic mass is 16.1. The second kappa shape index (κ2) is 6.79. The van der Waals surface area contributed by atoms with Crippen LogP contribution in [0, 0.1) is 0 Å². The molecule has 1 amide bonds. The summed E-state index contributed by atoms with van der Waals surface area (Å²) in [5, 5.41) is 3.05. The molecule has 0 unspecified atom stereocenters. The number of nitrogens with two attached hydrogens (primary N) is 1. The smallest absolute Gasteiger partial charge is 0.251 e. The van der Waals surface area contributed by atoms with Crippen molar-refractivity contribution in [3.63, 3.8) is 0 Å². The van der Waals surface area contributed by atoms with Crippen molar-refractivity contribution < 1.29 is 9.59 Å². The fraction of sp³-hybridized carbons (Fsp3) is 0.333. The van der Waals surface area contributed by atoms with Crippen LogP contribution in [0.3, 0.4) is 0 Å². The molecule has 5 heteroatoms. The molecule has 1 aromatic carbocycles. The molecule has 4 N–H and O–H groups in total. The van der Waals surface area contributed by atoms with Gasteiger partial charge < -0.3 is 16.0 Å². The van der Waals surface area contributed by atoms with E-state index < -0.39 is 0 Å². The summed E-state index contributed by atoms with van der Waals surface area (Å²) < 4.78 is 0. The predicted octanol–water partition coefficient (Wildman–Crippen LogP) is 2.25. The molecule has 1 heterocycles. The Bertz CT molecular complexity index is 669. The van der Waals surface area contributed by atoms with Crippen molar-refractivity contribution in [2.45, 2.75) is 37.8 Å². The number of amides is 1. The molecule has 0 atom stereocenters. The Balaban J connectivity index is 1.62. The van der Waals surface area contributed by atoms with E-state index in [4.69, 9.17) is 5.73 Å². The highest BCUT2D eigenvalue weighted by Crippen LogP contribution is 2.18. The van der Waals surface area contributed by atoms with Crippen molar-refractivity contribution in [3.8, 4) is 0 Å². The molecule has 1 fully saturated rings. The summed E-state index contributed by atoms with van der Waals surface area (Å²) in [6.07, 6.45) is 7.14. The van der Waals surface area contributed by atoms with Gasteiger partial charge in [0, 0.05) is 41.2 Å². The van der Waals surface area contributed by atoms with E-state index in [9.17, 15) is 9.59 Å². The van der Waals surface area contributed by atoms with Gasteiger partial charge in [0.1, 0.15) is 0 Å². The molecule has 1 aromatic heterocycles. The van der Waals surface area contributed by atoms with Gasteiger partial charge in [-0.05, 0) is 43.9 Å². The zero-order valence-corrected chi connectivity index (χ0v) is 12.9. The highest BCUT2D eigenvalue weighted by Gasteiger charge is 2.20. The van der Waals surface area contributed by atoms with Gasteiger partial charge in [-0.2, -0.15) is 0 Å². The van der Waals surface area contributed by atoms with E-state index in [1.165, 1.54) is 0 Å². The first-order valence-electron chi connectivity index (χ1n) is 7.97. The van der Waals surface area contributed by atoms with Crippen LogP contribution in [0.4, 0.5) is 0 Å². The minimum Gasteiger partial charge on any atom is -0.367 e. The third-order valence-corrected chi connectivity index (χ3v) is 4.38. The standard InChI is InChI=1S/C18H21N3O2/c19-15-5-7-16(8-6-15)21-18(23)13-3-1-12(2-4-13)17(22)14-9-10-20-11-14/h1-4,9-11,15-16,20H,5-8,19H2,(H,21,23). The lowest BCUT2D eigenvalue weighted by Gasteiger charge is -2.26. The zero-order chi connectivity index (χ0) is 16.2. The van der Waals surface area contributed by atoms with Gasteiger partial charge in [0.2, 0.25) is 0 Å². The molecule has 120 valence electrons. The fourth-order valence-corrected chi connectivity index (χ4v) is 2.94. The number of carbonyl (C=O) groups excluding carboxylic acids is 2. The molecule has 23 heavy (non-hydrogen) atoms. The third kappa shape index (κ3) is 3.68. The van der Waals surface area contributed by atoms with Crippen LogP contribution < -0.4 is 11.1 Å². The van der Waals surface area contributed by atoms with Crippen molar-refractivity contribution in [3.05, 3.63) is 59.4 Å². The van der Waals surface area contributed by atoms with Crippen LogP contribution in [-0.2, 0) is 0 Å². The minimum absolute atomic E-state index is 0.0560. The van der Waals surface area contributed by atoms with E-state index in [2.05, 4.69) is 10.3 Å². The number of carbonyl (C=O) groups is 2. The second-order valence-corrected chi connectivity index (χ2v) is 6.09. The van der Waals surface area contributed by atoms with E-state index in [1.54, 1.807) is 42.7 Å². The second-order valence-electron chi connectivity index (χ2n) is 6.09. The Labute approximate surface area is 135 Å². The number of nitrogens with one attached hydrogen (secondary N) is 2. The van der Waals surface area contributed by atoms with Gasteiger partial charge in [-0.3, -0.25) is 9.59 Å². The number of benzene rings is 1. The summed E-state index contributed by atoms with van der Waals surface area (Å²) in [6, 6.07) is 8.98. The Kier molecular flexibility index (Phi) is 4.57. The van der Waals surface area contributed by atoms with Crippen LogP contribution in [0.15, 0.2) is 42.7 Å². The largest absolute Gasteiger partial charge is 0.367 e. The Morgan fingerprint density at radius 3 is 2.22 bits per heavy atom. The van der Waals surface area contributed by atoms with Gasteiger partial charge in [0.05, 0.1) is 0 Å². The van der Waals surface area contributed by atoms with Gasteiger partial charge in [-0.15, -0.1) is 0 Å². The van der Waals surface area contributed by atoms with E-state index in [0.717, 1.165) is 25.7 Å². The molecule has 3 rings (SSSR count). The van der Waals surface area contributed by atoms with Crippen LogP contribution in [-0.4, -0.2) is 28.8 Å². The molecule has 0 spiro atoms. The molecule has 0 bridgehead atoms. The molecule has 1 saturated carbocycles. The highest BCUT2D eigenvalue weighted by molar-refractivity contribution is 6.09. The average Bonchev–Trinajstić information content (AvgIpc) is 3.11.